The van der Waals surface area contributed by atoms with Crippen molar-refractivity contribution in [3.05, 3.63) is 88.7 Å². The van der Waals surface area contributed by atoms with Crippen molar-refractivity contribution in [2.45, 2.75) is 6.61 Å². The fraction of sp³-hybridized carbons (Fsp3) is 0.0952. The Kier molecular flexibility index (Phi) is 5.94. The van der Waals surface area contributed by atoms with E-state index in [1.807, 2.05) is 0 Å². The first kappa shape index (κ1) is 18.7. The fourth-order valence-electron chi connectivity index (χ4n) is 2.49. The van der Waals surface area contributed by atoms with Crippen LogP contribution in [0.25, 0.3) is 0 Å². The lowest BCUT2D eigenvalue weighted by Crippen LogP contribution is -2.14. The molecule has 0 aliphatic carbocycles. The van der Waals surface area contributed by atoms with Gasteiger partial charge >= 0.3 is 0 Å². The minimum absolute atomic E-state index is 0.213. The monoisotopic (exact) mass is 385 g/mol. The molecule has 0 saturated heterocycles. The molecule has 0 radical (unpaired) electrons. The molecule has 27 heavy (non-hydrogen) atoms. The SMILES string of the molecule is COc1ccc(Cl)cc1NC(=O)c1ccccc1OCc1ccc(F)cc1. The van der Waals surface area contributed by atoms with Gasteiger partial charge in [-0.2, -0.15) is 0 Å². The summed E-state index contributed by atoms with van der Waals surface area (Å²) in [4.78, 5) is 12.7. The number of rotatable bonds is 6. The predicted molar refractivity (Wildman–Crippen MR) is 103 cm³/mol. The van der Waals surface area contributed by atoms with Gasteiger partial charge in [-0.3, -0.25) is 4.79 Å². The third kappa shape index (κ3) is 4.77. The van der Waals surface area contributed by atoms with Crippen LogP contribution in [0.5, 0.6) is 11.5 Å². The summed E-state index contributed by atoms with van der Waals surface area (Å²) < 4.78 is 24.0. The molecule has 3 rings (SSSR count). The number of hydrogen-bond donors (Lipinski definition) is 1. The maximum absolute atomic E-state index is 13.0. The van der Waals surface area contributed by atoms with Gasteiger partial charge in [0.1, 0.15) is 23.9 Å². The number of halogens is 2. The van der Waals surface area contributed by atoms with Crippen molar-refractivity contribution in [1.29, 1.82) is 0 Å². The second kappa shape index (κ2) is 8.56. The van der Waals surface area contributed by atoms with Crippen molar-refractivity contribution in [3.8, 4) is 11.5 Å². The highest BCUT2D eigenvalue weighted by atomic mass is 35.5. The summed E-state index contributed by atoms with van der Waals surface area (Å²) in [5.41, 5.74) is 1.62. The van der Waals surface area contributed by atoms with Crippen LogP contribution in [0.1, 0.15) is 15.9 Å². The number of hydrogen-bond acceptors (Lipinski definition) is 3. The van der Waals surface area contributed by atoms with Gasteiger partial charge in [0.15, 0.2) is 0 Å². The first-order chi connectivity index (χ1) is 13.1. The quantitative estimate of drug-likeness (QED) is 0.624. The molecule has 0 aliphatic rings. The molecule has 0 unspecified atom stereocenters. The predicted octanol–water partition coefficient (Wildman–Crippen LogP) is 5.32. The molecule has 3 aromatic carbocycles. The van der Waals surface area contributed by atoms with Crippen molar-refractivity contribution in [3.63, 3.8) is 0 Å². The van der Waals surface area contributed by atoms with Crippen LogP contribution in [-0.4, -0.2) is 13.0 Å². The van der Waals surface area contributed by atoms with Crippen molar-refractivity contribution in [1.82, 2.24) is 0 Å². The van der Waals surface area contributed by atoms with Gasteiger partial charge in [0.2, 0.25) is 0 Å². The molecular weight excluding hydrogens is 369 g/mol. The zero-order valence-electron chi connectivity index (χ0n) is 14.5. The molecule has 1 amide bonds. The Morgan fingerprint density at radius 1 is 1.04 bits per heavy atom. The topological polar surface area (TPSA) is 47.6 Å². The molecule has 1 N–H and O–H groups in total. The Morgan fingerprint density at radius 2 is 1.78 bits per heavy atom. The third-order valence-electron chi connectivity index (χ3n) is 3.85. The maximum Gasteiger partial charge on any atom is 0.259 e. The number of carbonyl (C=O) groups excluding carboxylic acids is 1. The smallest absolute Gasteiger partial charge is 0.259 e. The van der Waals surface area contributed by atoms with Crippen LogP contribution in [-0.2, 0) is 6.61 Å². The van der Waals surface area contributed by atoms with Gasteiger partial charge in [0.05, 0.1) is 18.4 Å². The maximum atomic E-state index is 13.0. The molecular formula is C21H17ClFNO3. The molecule has 0 bridgehead atoms. The van der Waals surface area contributed by atoms with Crippen LogP contribution >= 0.6 is 11.6 Å². The summed E-state index contributed by atoms with van der Waals surface area (Å²) in [6, 6.07) is 17.8. The summed E-state index contributed by atoms with van der Waals surface area (Å²) in [7, 11) is 1.51. The van der Waals surface area contributed by atoms with E-state index in [0.29, 0.717) is 27.8 Å². The Bertz CT molecular complexity index is 944. The van der Waals surface area contributed by atoms with E-state index < -0.39 is 0 Å². The molecule has 0 heterocycles. The minimum Gasteiger partial charge on any atom is -0.495 e. The van der Waals surface area contributed by atoms with Crippen LogP contribution in [0.15, 0.2) is 66.7 Å². The van der Waals surface area contributed by atoms with Crippen molar-refractivity contribution >= 4 is 23.2 Å². The lowest BCUT2D eigenvalue weighted by atomic mass is 10.1. The van der Waals surface area contributed by atoms with Gasteiger partial charge in [-0.25, -0.2) is 4.39 Å². The van der Waals surface area contributed by atoms with Crippen molar-refractivity contribution < 1.29 is 18.7 Å². The Hall–Kier alpha value is -3.05. The first-order valence-corrected chi connectivity index (χ1v) is 8.56. The summed E-state index contributed by atoms with van der Waals surface area (Å²) in [5, 5.41) is 3.27. The summed E-state index contributed by atoms with van der Waals surface area (Å²) in [5.74, 6) is 0.247. The first-order valence-electron chi connectivity index (χ1n) is 8.18. The Labute approximate surface area is 161 Å². The van der Waals surface area contributed by atoms with Gasteiger partial charge in [0, 0.05) is 5.02 Å². The second-order valence-corrected chi connectivity index (χ2v) is 6.15. The van der Waals surface area contributed by atoms with E-state index in [0.717, 1.165) is 5.56 Å². The van der Waals surface area contributed by atoms with E-state index >= 15 is 0 Å². The normalized spacial score (nSPS) is 10.3. The molecule has 0 spiro atoms. The lowest BCUT2D eigenvalue weighted by Gasteiger charge is -2.13. The van der Waals surface area contributed by atoms with Gasteiger partial charge in [-0.1, -0.05) is 35.9 Å². The molecule has 4 nitrogen and oxygen atoms in total. The average molecular weight is 386 g/mol. The number of para-hydroxylation sites is 1. The average Bonchev–Trinajstić information content (AvgIpc) is 2.68. The summed E-state index contributed by atoms with van der Waals surface area (Å²) in [6.07, 6.45) is 0. The molecule has 0 atom stereocenters. The van der Waals surface area contributed by atoms with E-state index in [1.165, 1.54) is 19.2 Å². The molecule has 0 fully saturated rings. The Morgan fingerprint density at radius 3 is 2.52 bits per heavy atom. The summed E-state index contributed by atoms with van der Waals surface area (Å²) in [6.45, 7) is 0.213. The zero-order valence-corrected chi connectivity index (χ0v) is 15.3. The van der Waals surface area contributed by atoms with Crippen LogP contribution in [0.2, 0.25) is 5.02 Å². The minimum atomic E-state index is -0.356. The highest BCUT2D eigenvalue weighted by Gasteiger charge is 2.15. The second-order valence-electron chi connectivity index (χ2n) is 5.71. The van der Waals surface area contributed by atoms with Gasteiger partial charge in [-0.05, 0) is 48.0 Å². The lowest BCUT2D eigenvalue weighted by molar-refractivity contribution is 0.102. The molecule has 138 valence electrons. The van der Waals surface area contributed by atoms with E-state index in [2.05, 4.69) is 5.32 Å². The fourth-order valence-corrected chi connectivity index (χ4v) is 2.66. The highest BCUT2D eigenvalue weighted by Crippen LogP contribution is 2.29. The van der Waals surface area contributed by atoms with Crippen molar-refractivity contribution in [2.24, 2.45) is 0 Å². The number of ether oxygens (including phenoxy) is 2. The molecule has 0 aromatic heterocycles. The number of methoxy groups -OCH3 is 1. The number of nitrogens with one attached hydrogen (secondary N) is 1. The van der Waals surface area contributed by atoms with E-state index in [9.17, 15) is 9.18 Å². The van der Waals surface area contributed by atoms with E-state index in [4.69, 9.17) is 21.1 Å². The van der Waals surface area contributed by atoms with Crippen LogP contribution in [0.3, 0.4) is 0 Å². The van der Waals surface area contributed by atoms with Gasteiger partial charge < -0.3 is 14.8 Å². The van der Waals surface area contributed by atoms with Crippen molar-refractivity contribution in [2.75, 3.05) is 12.4 Å². The van der Waals surface area contributed by atoms with E-state index in [-0.39, 0.29) is 18.3 Å². The molecule has 6 heteroatoms. The van der Waals surface area contributed by atoms with Crippen LogP contribution in [0, 0.1) is 5.82 Å². The number of carbonyl (C=O) groups is 1. The number of anilines is 1. The van der Waals surface area contributed by atoms with E-state index in [1.54, 1.807) is 54.6 Å². The van der Waals surface area contributed by atoms with Crippen LogP contribution in [0.4, 0.5) is 10.1 Å². The largest absolute Gasteiger partial charge is 0.495 e. The number of amides is 1. The Balaban J connectivity index is 1.77. The number of benzene rings is 3. The molecule has 0 aliphatic heterocycles. The highest BCUT2D eigenvalue weighted by molar-refractivity contribution is 6.31. The molecule has 3 aromatic rings. The zero-order chi connectivity index (χ0) is 19.2. The third-order valence-corrected chi connectivity index (χ3v) is 4.08. The summed E-state index contributed by atoms with van der Waals surface area (Å²) >= 11 is 6.00. The van der Waals surface area contributed by atoms with Gasteiger partial charge in [-0.15, -0.1) is 0 Å². The molecule has 0 saturated carbocycles. The standard InChI is InChI=1S/C21H17ClFNO3/c1-26-20-11-8-15(22)12-18(20)24-21(25)17-4-2-3-5-19(17)27-13-14-6-9-16(23)10-7-14/h2-12H,13H2,1H3,(H,24,25). The van der Waals surface area contributed by atoms with Crippen LogP contribution < -0.4 is 14.8 Å². The van der Waals surface area contributed by atoms with Gasteiger partial charge in [0.25, 0.3) is 5.91 Å².